The highest BCUT2D eigenvalue weighted by atomic mass is 16.2. The Morgan fingerprint density at radius 2 is 1.68 bits per heavy atom. The molecule has 1 amide bonds. The molecule has 2 aromatic carbocycles. The molecule has 31 heavy (non-hydrogen) atoms. The Balaban J connectivity index is 1.40. The second-order valence-electron chi connectivity index (χ2n) is 7.67. The number of carbonyl (C=O) groups is 1. The predicted octanol–water partition coefficient (Wildman–Crippen LogP) is 3.80. The van der Waals surface area contributed by atoms with Crippen LogP contribution in [0.2, 0.25) is 0 Å². The number of nitrogens with one attached hydrogen (secondary N) is 1. The number of fused-ring (bicyclic) bond motifs is 1. The van der Waals surface area contributed by atoms with E-state index < -0.39 is 0 Å². The van der Waals surface area contributed by atoms with E-state index in [1.54, 1.807) is 15.3 Å². The summed E-state index contributed by atoms with van der Waals surface area (Å²) in [6, 6.07) is 15.5. The van der Waals surface area contributed by atoms with Crippen molar-refractivity contribution >= 4 is 22.6 Å². The SMILES string of the molecule is CCCn1c(=O)n(CCC(=O)Nc2ccc(Cn3ccnc3C)cc2)c2ccccc21. The van der Waals surface area contributed by atoms with Crippen molar-refractivity contribution in [1.29, 1.82) is 0 Å². The van der Waals surface area contributed by atoms with Crippen LogP contribution in [0.1, 0.15) is 31.2 Å². The Kier molecular flexibility index (Phi) is 6.02. The van der Waals surface area contributed by atoms with Gasteiger partial charge >= 0.3 is 5.69 Å². The summed E-state index contributed by atoms with van der Waals surface area (Å²) >= 11 is 0. The summed E-state index contributed by atoms with van der Waals surface area (Å²) in [6.07, 6.45) is 4.85. The van der Waals surface area contributed by atoms with Gasteiger partial charge in [-0.3, -0.25) is 13.9 Å². The van der Waals surface area contributed by atoms with Crippen LogP contribution >= 0.6 is 0 Å². The van der Waals surface area contributed by atoms with E-state index in [-0.39, 0.29) is 18.0 Å². The maximum atomic E-state index is 12.8. The lowest BCUT2D eigenvalue weighted by Gasteiger charge is -2.09. The third-order valence-corrected chi connectivity index (χ3v) is 5.45. The molecule has 0 aliphatic carbocycles. The van der Waals surface area contributed by atoms with Crippen molar-refractivity contribution in [3.05, 3.63) is 82.8 Å². The normalized spacial score (nSPS) is 11.2. The van der Waals surface area contributed by atoms with E-state index in [2.05, 4.69) is 14.9 Å². The van der Waals surface area contributed by atoms with Crippen molar-refractivity contribution in [3.8, 4) is 0 Å². The number of hydrogen-bond donors (Lipinski definition) is 1. The fraction of sp³-hybridized carbons (Fsp3) is 0.292. The molecule has 0 fully saturated rings. The number of imidazole rings is 2. The molecule has 4 rings (SSSR count). The lowest BCUT2D eigenvalue weighted by Crippen LogP contribution is -2.26. The highest BCUT2D eigenvalue weighted by Crippen LogP contribution is 2.15. The van der Waals surface area contributed by atoms with Crippen LogP contribution in [0.3, 0.4) is 0 Å². The van der Waals surface area contributed by atoms with Gasteiger partial charge in [0.1, 0.15) is 5.82 Å². The largest absolute Gasteiger partial charge is 0.331 e. The van der Waals surface area contributed by atoms with Gasteiger partial charge in [0.05, 0.1) is 11.0 Å². The Hall–Kier alpha value is -3.61. The first-order chi connectivity index (χ1) is 15.1. The highest BCUT2D eigenvalue weighted by Gasteiger charge is 2.13. The summed E-state index contributed by atoms with van der Waals surface area (Å²) in [6.45, 7) is 5.78. The van der Waals surface area contributed by atoms with Gasteiger partial charge in [0.2, 0.25) is 5.91 Å². The summed E-state index contributed by atoms with van der Waals surface area (Å²) in [5.41, 5.74) is 3.60. The van der Waals surface area contributed by atoms with E-state index in [4.69, 9.17) is 0 Å². The van der Waals surface area contributed by atoms with Crippen molar-refractivity contribution in [1.82, 2.24) is 18.7 Å². The van der Waals surface area contributed by atoms with Crippen LogP contribution in [-0.2, 0) is 24.4 Å². The minimum atomic E-state index is -0.113. The number of anilines is 1. The summed E-state index contributed by atoms with van der Waals surface area (Å²) in [7, 11) is 0. The van der Waals surface area contributed by atoms with Gasteiger partial charge in [0, 0.05) is 44.1 Å². The van der Waals surface area contributed by atoms with E-state index in [9.17, 15) is 9.59 Å². The third kappa shape index (κ3) is 4.45. The molecule has 0 aliphatic rings. The summed E-state index contributed by atoms with van der Waals surface area (Å²) in [5.74, 6) is 0.852. The molecule has 4 aromatic rings. The van der Waals surface area contributed by atoms with E-state index in [0.29, 0.717) is 13.1 Å². The maximum Gasteiger partial charge on any atom is 0.329 e. The number of aromatic nitrogens is 4. The van der Waals surface area contributed by atoms with Gasteiger partial charge < -0.3 is 9.88 Å². The van der Waals surface area contributed by atoms with E-state index in [0.717, 1.165) is 41.1 Å². The molecule has 7 nitrogen and oxygen atoms in total. The fourth-order valence-electron chi connectivity index (χ4n) is 3.83. The van der Waals surface area contributed by atoms with Crippen molar-refractivity contribution < 1.29 is 4.79 Å². The van der Waals surface area contributed by atoms with Gasteiger partial charge in [-0.25, -0.2) is 9.78 Å². The number of rotatable bonds is 8. The second kappa shape index (κ2) is 9.04. The predicted molar refractivity (Wildman–Crippen MR) is 122 cm³/mol. The van der Waals surface area contributed by atoms with Gasteiger partial charge in [-0.15, -0.1) is 0 Å². The van der Waals surface area contributed by atoms with Crippen LogP contribution in [0.4, 0.5) is 5.69 Å². The topological polar surface area (TPSA) is 73.8 Å². The highest BCUT2D eigenvalue weighted by molar-refractivity contribution is 5.90. The number of para-hydroxylation sites is 2. The average Bonchev–Trinajstić information content (AvgIpc) is 3.29. The zero-order valence-corrected chi connectivity index (χ0v) is 17.9. The molecule has 0 spiro atoms. The molecule has 2 heterocycles. The van der Waals surface area contributed by atoms with E-state index in [1.807, 2.05) is 68.6 Å². The van der Waals surface area contributed by atoms with Crippen LogP contribution in [0.15, 0.2) is 65.7 Å². The average molecular weight is 418 g/mol. The molecule has 160 valence electrons. The molecular formula is C24H27N5O2. The first-order valence-corrected chi connectivity index (χ1v) is 10.6. The van der Waals surface area contributed by atoms with Gasteiger partial charge in [-0.2, -0.15) is 0 Å². The number of carbonyl (C=O) groups excluding carboxylic acids is 1. The first-order valence-electron chi connectivity index (χ1n) is 10.6. The first kappa shape index (κ1) is 20.7. The van der Waals surface area contributed by atoms with Crippen LogP contribution in [0.5, 0.6) is 0 Å². The van der Waals surface area contributed by atoms with Gasteiger partial charge in [0.15, 0.2) is 0 Å². The number of nitrogens with zero attached hydrogens (tertiary/aromatic N) is 4. The van der Waals surface area contributed by atoms with Crippen molar-refractivity contribution in [3.63, 3.8) is 0 Å². The van der Waals surface area contributed by atoms with Crippen LogP contribution in [0.25, 0.3) is 11.0 Å². The monoisotopic (exact) mass is 417 g/mol. The maximum absolute atomic E-state index is 12.8. The molecule has 0 radical (unpaired) electrons. The Labute approximate surface area is 181 Å². The van der Waals surface area contributed by atoms with Gasteiger partial charge in [-0.05, 0) is 43.2 Å². The molecule has 1 N–H and O–H groups in total. The Morgan fingerprint density at radius 3 is 2.29 bits per heavy atom. The fourth-order valence-corrected chi connectivity index (χ4v) is 3.83. The Morgan fingerprint density at radius 1 is 1.00 bits per heavy atom. The lowest BCUT2D eigenvalue weighted by atomic mass is 10.2. The van der Waals surface area contributed by atoms with Gasteiger partial charge in [0.25, 0.3) is 0 Å². The number of aryl methyl sites for hydroxylation is 3. The molecule has 0 bridgehead atoms. The van der Waals surface area contributed by atoms with Crippen molar-refractivity contribution in [2.24, 2.45) is 0 Å². The summed E-state index contributed by atoms with van der Waals surface area (Å²) in [4.78, 5) is 29.6. The molecule has 0 saturated carbocycles. The van der Waals surface area contributed by atoms with E-state index >= 15 is 0 Å². The molecule has 0 atom stereocenters. The van der Waals surface area contributed by atoms with Gasteiger partial charge in [-0.1, -0.05) is 31.2 Å². The minimum Gasteiger partial charge on any atom is -0.331 e. The number of hydrogen-bond acceptors (Lipinski definition) is 3. The zero-order chi connectivity index (χ0) is 21.8. The molecule has 0 saturated heterocycles. The zero-order valence-electron chi connectivity index (χ0n) is 17.9. The van der Waals surface area contributed by atoms with Crippen LogP contribution < -0.4 is 11.0 Å². The molecule has 2 aromatic heterocycles. The Bertz CT molecular complexity index is 1250. The van der Waals surface area contributed by atoms with E-state index in [1.165, 1.54) is 0 Å². The lowest BCUT2D eigenvalue weighted by molar-refractivity contribution is -0.116. The molecule has 0 aliphatic heterocycles. The van der Waals surface area contributed by atoms with Crippen LogP contribution in [-0.4, -0.2) is 24.6 Å². The second-order valence-corrected chi connectivity index (χ2v) is 7.67. The smallest absolute Gasteiger partial charge is 0.329 e. The molecule has 7 heteroatoms. The third-order valence-electron chi connectivity index (χ3n) is 5.45. The van der Waals surface area contributed by atoms with Crippen LogP contribution in [0, 0.1) is 6.92 Å². The van der Waals surface area contributed by atoms with Crippen molar-refractivity contribution in [2.45, 2.75) is 46.3 Å². The molecular weight excluding hydrogens is 390 g/mol. The number of benzene rings is 2. The summed E-state index contributed by atoms with van der Waals surface area (Å²) in [5, 5.41) is 2.93. The number of amides is 1. The van der Waals surface area contributed by atoms with Crippen molar-refractivity contribution in [2.75, 3.05) is 5.32 Å². The standard InChI is InChI=1S/C24H27N5O2/c1-3-14-28-21-6-4-5-7-22(21)29(24(28)31)15-12-23(30)26-20-10-8-19(9-11-20)17-27-16-13-25-18(27)2/h4-11,13,16H,3,12,14-15,17H2,1-2H3,(H,26,30). The molecule has 0 unspecified atom stereocenters. The quantitative estimate of drug-likeness (QED) is 0.474. The minimum absolute atomic E-state index is 0.0602. The summed E-state index contributed by atoms with van der Waals surface area (Å²) < 4.78 is 5.55.